The quantitative estimate of drug-likeness (QED) is 0.655. The minimum Gasteiger partial charge on any atom is -0.0911 e. The van der Waals surface area contributed by atoms with Gasteiger partial charge in [-0.25, -0.2) is 0 Å². The molecule has 0 saturated heterocycles. The van der Waals surface area contributed by atoms with Crippen molar-refractivity contribution in [1.29, 1.82) is 0 Å². The van der Waals surface area contributed by atoms with Gasteiger partial charge >= 0.3 is 0 Å². The molecule has 1 aliphatic rings. The zero-order valence-electron chi connectivity index (χ0n) is 12.5. The standard InChI is InChI=1S/C20H20/c1-13-5-8-20-16(4)11-18(12-19(20)9-13)17-7-6-14(2)15(3)10-17/h5-11H,4,12H2,1-3H3. The first-order valence-electron chi connectivity index (χ1n) is 7.11. The van der Waals surface area contributed by atoms with Gasteiger partial charge < -0.3 is 0 Å². The van der Waals surface area contributed by atoms with Gasteiger partial charge in [-0.1, -0.05) is 54.6 Å². The Labute approximate surface area is 121 Å². The summed E-state index contributed by atoms with van der Waals surface area (Å²) in [6.07, 6.45) is 3.24. The van der Waals surface area contributed by atoms with E-state index >= 15 is 0 Å². The highest BCUT2D eigenvalue weighted by molar-refractivity contribution is 5.89. The number of fused-ring (bicyclic) bond motifs is 1. The average molecular weight is 260 g/mol. The zero-order valence-corrected chi connectivity index (χ0v) is 12.5. The molecule has 0 heteroatoms. The van der Waals surface area contributed by atoms with Crippen LogP contribution in [0.2, 0.25) is 0 Å². The van der Waals surface area contributed by atoms with Crippen molar-refractivity contribution in [3.63, 3.8) is 0 Å². The monoisotopic (exact) mass is 260 g/mol. The van der Waals surface area contributed by atoms with Gasteiger partial charge in [0.1, 0.15) is 0 Å². The molecule has 1 aliphatic carbocycles. The van der Waals surface area contributed by atoms with Crippen molar-refractivity contribution in [2.75, 3.05) is 0 Å². The number of aryl methyl sites for hydroxylation is 3. The van der Waals surface area contributed by atoms with Gasteiger partial charge in [-0.15, -0.1) is 0 Å². The highest BCUT2D eigenvalue weighted by Crippen LogP contribution is 2.34. The molecule has 0 atom stereocenters. The molecule has 0 N–H and O–H groups in total. The van der Waals surface area contributed by atoms with Gasteiger partial charge in [0.25, 0.3) is 0 Å². The van der Waals surface area contributed by atoms with Crippen molar-refractivity contribution in [3.05, 3.63) is 82.4 Å². The summed E-state index contributed by atoms with van der Waals surface area (Å²) in [5, 5.41) is 0. The number of benzene rings is 2. The van der Waals surface area contributed by atoms with Gasteiger partial charge in [0.15, 0.2) is 0 Å². The van der Waals surface area contributed by atoms with Crippen LogP contribution in [0.25, 0.3) is 11.1 Å². The van der Waals surface area contributed by atoms with Crippen molar-refractivity contribution in [2.45, 2.75) is 27.2 Å². The van der Waals surface area contributed by atoms with Crippen LogP contribution in [0.15, 0.2) is 49.1 Å². The Morgan fingerprint density at radius 2 is 1.70 bits per heavy atom. The van der Waals surface area contributed by atoms with Crippen molar-refractivity contribution in [3.8, 4) is 0 Å². The molecular weight excluding hydrogens is 240 g/mol. The van der Waals surface area contributed by atoms with E-state index in [9.17, 15) is 0 Å². The third-order valence-corrected chi connectivity index (χ3v) is 4.21. The predicted octanol–water partition coefficient (Wildman–Crippen LogP) is 5.26. The van der Waals surface area contributed by atoms with Crippen LogP contribution < -0.4 is 0 Å². The van der Waals surface area contributed by atoms with Crippen molar-refractivity contribution >= 4 is 11.1 Å². The first-order valence-corrected chi connectivity index (χ1v) is 7.11. The van der Waals surface area contributed by atoms with Gasteiger partial charge in [-0.05, 0) is 66.2 Å². The Morgan fingerprint density at radius 1 is 0.900 bits per heavy atom. The molecule has 100 valence electrons. The van der Waals surface area contributed by atoms with Crippen LogP contribution in [-0.4, -0.2) is 0 Å². The van der Waals surface area contributed by atoms with Gasteiger partial charge in [0, 0.05) is 0 Å². The second-order valence-corrected chi connectivity index (χ2v) is 5.83. The molecule has 2 aromatic rings. The third kappa shape index (κ3) is 2.22. The Bertz CT molecular complexity index is 730. The normalized spacial score (nSPS) is 13.9. The summed E-state index contributed by atoms with van der Waals surface area (Å²) in [5.41, 5.74) is 10.5. The fourth-order valence-corrected chi connectivity index (χ4v) is 2.85. The zero-order chi connectivity index (χ0) is 14.3. The summed E-state index contributed by atoms with van der Waals surface area (Å²) in [6, 6.07) is 13.4. The summed E-state index contributed by atoms with van der Waals surface area (Å²) < 4.78 is 0. The van der Waals surface area contributed by atoms with Gasteiger partial charge in [0.2, 0.25) is 0 Å². The van der Waals surface area contributed by atoms with Crippen LogP contribution in [0.5, 0.6) is 0 Å². The van der Waals surface area contributed by atoms with E-state index in [0.29, 0.717) is 0 Å². The Balaban J connectivity index is 2.05. The molecule has 3 rings (SSSR count). The summed E-state index contributed by atoms with van der Waals surface area (Å²) in [4.78, 5) is 0. The first kappa shape index (κ1) is 12.9. The number of hydrogen-bond acceptors (Lipinski definition) is 0. The first-order chi connectivity index (χ1) is 9.54. The van der Waals surface area contributed by atoms with E-state index in [1.807, 2.05) is 0 Å². The Kier molecular flexibility index (Phi) is 3.10. The van der Waals surface area contributed by atoms with Crippen LogP contribution in [0.1, 0.15) is 33.4 Å². The van der Waals surface area contributed by atoms with Crippen LogP contribution in [0.4, 0.5) is 0 Å². The topological polar surface area (TPSA) is 0 Å². The van der Waals surface area contributed by atoms with Crippen molar-refractivity contribution in [2.24, 2.45) is 0 Å². The smallest absolute Gasteiger partial charge is 0.00134 e. The lowest BCUT2D eigenvalue weighted by Crippen LogP contribution is -2.02. The van der Waals surface area contributed by atoms with Crippen LogP contribution >= 0.6 is 0 Å². The molecule has 20 heavy (non-hydrogen) atoms. The second kappa shape index (κ2) is 4.79. The number of rotatable bonds is 1. The molecular formula is C20H20. The maximum Gasteiger partial charge on any atom is -0.00134 e. The minimum atomic E-state index is 0.999. The lowest BCUT2D eigenvalue weighted by atomic mass is 9.84. The van der Waals surface area contributed by atoms with E-state index < -0.39 is 0 Å². The molecule has 0 amide bonds. The van der Waals surface area contributed by atoms with Crippen LogP contribution in [0.3, 0.4) is 0 Å². The summed E-state index contributed by atoms with van der Waals surface area (Å²) in [6.45, 7) is 10.7. The van der Waals surface area contributed by atoms with Crippen LogP contribution in [-0.2, 0) is 6.42 Å². The fraction of sp³-hybridized carbons (Fsp3) is 0.200. The average Bonchev–Trinajstić information content (AvgIpc) is 2.41. The molecule has 0 heterocycles. The number of hydrogen-bond donors (Lipinski definition) is 0. The lowest BCUT2D eigenvalue weighted by molar-refractivity contribution is 1.21. The SMILES string of the molecule is C=C1C=C(c2ccc(C)c(C)c2)Cc2cc(C)ccc21. The molecule has 0 nitrogen and oxygen atoms in total. The predicted molar refractivity (Wildman–Crippen MR) is 87.8 cm³/mol. The van der Waals surface area contributed by atoms with Gasteiger partial charge in [-0.2, -0.15) is 0 Å². The Hall–Kier alpha value is -2.08. The fourth-order valence-electron chi connectivity index (χ4n) is 2.85. The molecule has 0 fully saturated rings. The molecule has 0 unspecified atom stereocenters. The van der Waals surface area contributed by atoms with Crippen molar-refractivity contribution < 1.29 is 0 Å². The third-order valence-electron chi connectivity index (χ3n) is 4.21. The molecule has 2 aromatic carbocycles. The lowest BCUT2D eigenvalue weighted by Gasteiger charge is -2.20. The maximum absolute atomic E-state index is 4.22. The van der Waals surface area contributed by atoms with E-state index in [1.54, 1.807) is 0 Å². The molecule has 0 aromatic heterocycles. The Morgan fingerprint density at radius 3 is 2.45 bits per heavy atom. The summed E-state index contributed by atoms with van der Waals surface area (Å²) in [5.74, 6) is 0. The summed E-state index contributed by atoms with van der Waals surface area (Å²) in [7, 11) is 0. The maximum atomic E-state index is 4.22. The van der Waals surface area contributed by atoms with E-state index in [2.05, 4.69) is 69.8 Å². The number of allylic oxidation sites excluding steroid dienone is 3. The summed E-state index contributed by atoms with van der Waals surface area (Å²) >= 11 is 0. The van der Waals surface area contributed by atoms with E-state index in [4.69, 9.17) is 0 Å². The second-order valence-electron chi connectivity index (χ2n) is 5.83. The molecule has 0 bridgehead atoms. The highest BCUT2D eigenvalue weighted by Gasteiger charge is 2.15. The van der Waals surface area contributed by atoms with E-state index in [-0.39, 0.29) is 0 Å². The molecule has 0 saturated carbocycles. The van der Waals surface area contributed by atoms with Gasteiger partial charge in [0.05, 0.1) is 0 Å². The minimum absolute atomic E-state index is 0.999. The van der Waals surface area contributed by atoms with Crippen molar-refractivity contribution in [1.82, 2.24) is 0 Å². The molecule has 0 radical (unpaired) electrons. The van der Waals surface area contributed by atoms with E-state index in [0.717, 1.165) is 12.0 Å². The molecule has 0 aliphatic heterocycles. The highest BCUT2D eigenvalue weighted by atomic mass is 14.2. The largest absolute Gasteiger partial charge is 0.0911 e. The van der Waals surface area contributed by atoms with Gasteiger partial charge in [-0.3, -0.25) is 0 Å². The van der Waals surface area contributed by atoms with Crippen LogP contribution in [0, 0.1) is 20.8 Å². The van der Waals surface area contributed by atoms with E-state index in [1.165, 1.54) is 39.0 Å². The molecule has 0 spiro atoms.